The fourth-order valence-corrected chi connectivity index (χ4v) is 3.98. The van der Waals surface area contributed by atoms with Crippen molar-refractivity contribution in [3.05, 3.63) is 59.7 Å². The van der Waals surface area contributed by atoms with Gasteiger partial charge in [0.25, 0.3) is 0 Å². The Morgan fingerprint density at radius 2 is 1.53 bits per heavy atom. The van der Waals surface area contributed by atoms with Gasteiger partial charge < -0.3 is 19.9 Å². The number of esters is 1. The normalized spacial score (nSPS) is 14.6. The summed E-state index contributed by atoms with van der Waals surface area (Å²) in [6.45, 7) is 6.86. The second kappa shape index (κ2) is 9.42. The van der Waals surface area contributed by atoms with Gasteiger partial charge in [-0.2, -0.15) is 0 Å². The number of fused-ring (bicyclic) bond motifs is 3. The number of nitrogens with one attached hydrogen (secondary N) is 1. The van der Waals surface area contributed by atoms with Crippen LogP contribution in [0.5, 0.6) is 0 Å². The van der Waals surface area contributed by atoms with Crippen LogP contribution in [0.1, 0.15) is 51.2 Å². The van der Waals surface area contributed by atoms with E-state index >= 15 is 0 Å². The summed E-state index contributed by atoms with van der Waals surface area (Å²) in [5.74, 6) is -2.57. The number of carboxylic acids is 1. The third-order valence-corrected chi connectivity index (χ3v) is 5.36. The highest BCUT2D eigenvalue weighted by Crippen LogP contribution is 2.44. The molecule has 32 heavy (non-hydrogen) atoms. The van der Waals surface area contributed by atoms with E-state index in [1.807, 2.05) is 48.5 Å². The first-order chi connectivity index (χ1) is 15.1. The van der Waals surface area contributed by atoms with E-state index in [1.165, 1.54) is 0 Å². The molecule has 0 saturated heterocycles. The molecule has 2 aromatic carbocycles. The molecular formula is C25H29NO6. The molecule has 7 nitrogen and oxygen atoms in total. The Labute approximate surface area is 187 Å². The van der Waals surface area contributed by atoms with Crippen LogP contribution in [-0.2, 0) is 19.1 Å². The molecular weight excluding hydrogens is 410 g/mol. The average molecular weight is 440 g/mol. The molecule has 0 radical (unpaired) electrons. The fraction of sp³-hybridized carbons (Fsp3) is 0.400. The summed E-state index contributed by atoms with van der Waals surface area (Å²) >= 11 is 0. The summed E-state index contributed by atoms with van der Waals surface area (Å²) in [6, 6.07) is 14.6. The molecule has 0 fully saturated rings. The highest BCUT2D eigenvalue weighted by atomic mass is 16.6. The van der Waals surface area contributed by atoms with Crippen molar-refractivity contribution in [2.45, 2.75) is 51.7 Å². The molecule has 0 aliphatic heterocycles. The summed E-state index contributed by atoms with van der Waals surface area (Å²) in [6.07, 6.45) is -0.979. The van der Waals surface area contributed by atoms with Crippen molar-refractivity contribution in [3.8, 4) is 11.1 Å². The van der Waals surface area contributed by atoms with Crippen LogP contribution < -0.4 is 5.32 Å². The van der Waals surface area contributed by atoms with Crippen molar-refractivity contribution in [2.75, 3.05) is 6.61 Å². The summed E-state index contributed by atoms with van der Waals surface area (Å²) < 4.78 is 10.7. The Morgan fingerprint density at radius 1 is 1.00 bits per heavy atom. The zero-order chi connectivity index (χ0) is 23.5. The number of alkyl carbamates (subject to hydrolysis) is 1. The van der Waals surface area contributed by atoms with Crippen molar-refractivity contribution < 1.29 is 29.0 Å². The Bertz CT molecular complexity index is 964. The SMILES string of the molecule is C[C@H](CC(=O)OC(C)(C)C)[C@H](NC(=O)OCC1c2ccccc2-c2ccccc21)C(=O)O. The predicted octanol–water partition coefficient (Wildman–Crippen LogP) is 4.35. The molecule has 3 rings (SSSR count). The van der Waals surface area contributed by atoms with E-state index < -0.39 is 35.6 Å². The molecule has 2 aromatic rings. The van der Waals surface area contributed by atoms with E-state index in [1.54, 1.807) is 27.7 Å². The minimum atomic E-state index is -1.28. The van der Waals surface area contributed by atoms with Gasteiger partial charge in [0, 0.05) is 5.92 Å². The second-order valence-corrected chi connectivity index (χ2v) is 9.05. The van der Waals surface area contributed by atoms with E-state index in [0.717, 1.165) is 22.3 Å². The number of hydrogen-bond acceptors (Lipinski definition) is 5. The first-order valence-electron chi connectivity index (χ1n) is 10.6. The maximum absolute atomic E-state index is 12.4. The lowest BCUT2D eigenvalue weighted by atomic mass is 9.98. The van der Waals surface area contributed by atoms with Gasteiger partial charge in [0.2, 0.25) is 0 Å². The Hall–Kier alpha value is -3.35. The molecule has 1 amide bonds. The van der Waals surface area contributed by atoms with Gasteiger partial charge in [0.05, 0.1) is 6.42 Å². The molecule has 0 aromatic heterocycles. The van der Waals surface area contributed by atoms with Crippen LogP contribution in [0.2, 0.25) is 0 Å². The quantitative estimate of drug-likeness (QED) is 0.622. The van der Waals surface area contributed by atoms with Gasteiger partial charge in [-0.15, -0.1) is 0 Å². The van der Waals surface area contributed by atoms with Crippen molar-refractivity contribution in [3.63, 3.8) is 0 Å². The molecule has 0 heterocycles. The van der Waals surface area contributed by atoms with E-state index in [0.29, 0.717) is 0 Å². The molecule has 170 valence electrons. The number of carboxylic acid groups (broad SMARTS) is 1. The van der Waals surface area contributed by atoms with Gasteiger partial charge >= 0.3 is 18.0 Å². The van der Waals surface area contributed by atoms with Crippen LogP contribution in [0, 0.1) is 5.92 Å². The molecule has 7 heteroatoms. The Morgan fingerprint density at radius 3 is 2.03 bits per heavy atom. The maximum Gasteiger partial charge on any atom is 0.407 e. The molecule has 2 atom stereocenters. The molecule has 0 spiro atoms. The number of hydrogen-bond donors (Lipinski definition) is 2. The van der Waals surface area contributed by atoms with Gasteiger partial charge in [-0.25, -0.2) is 9.59 Å². The third-order valence-electron chi connectivity index (χ3n) is 5.36. The predicted molar refractivity (Wildman–Crippen MR) is 119 cm³/mol. The van der Waals surface area contributed by atoms with Gasteiger partial charge in [0.1, 0.15) is 18.2 Å². The topological polar surface area (TPSA) is 102 Å². The number of aliphatic carboxylic acids is 1. The lowest BCUT2D eigenvalue weighted by Crippen LogP contribution is -2.46. The number of benzene rings is 2. The molecule has 1 aliphatic carbocycles. The van der Waals surface area contributed by atoms with E-state index in [-0.39, 0.29) is 18.9 Å². The van der Waals surface area contributed by atoms with Crippen LogP contribution in [0.4, 0.5) is 4.79 Å². The molecule has 0 unspecified atom stereocenters. The van der Waals surface area contributed by atoms with Crippen LogP contribution >= 0.6 is 0 Å². The maximum atomic E-state index is 12.4. The van der Waals surface area contributed by atoms with Crippen molar-refractivity contribution in [2.24, 2.45) is 5.92 Å². The number of ether oxygens (including phenoxy) is 2. The smallest absolute Gasteiger partial charge is 0.407 e. The van der Waals surface area contributed by atoms with E-state index in [4.69, 9.17) is 9.47 Å². The summed E-state index contributed by atoms with van der Waals surface area (Å²) in [5.41, 5.74) is 3.66. The monoisotopic (exact) mass is 439 g/mol. The van der Waals surface area contributed by atoms with Crippen LogP contribution in [-0.4, -0.2) is 41.4 Å². The average Bonchev–Trinajstić information content (AvgIpc) is 3.02. The van der Waals surface area contributed by atoms with Gasteiger partial charge in [-0.3, -0.25) is 4.79 Å². The molecule has 0 bridgehead atoms. The number of rotatable bonds is 7. The Balaban J connectivity index is 1.63. The van der Waals surface area contributed by atoms with Gasteiger partial charge in [-0.05, 0) is 48.9 Å². The lowest BCUT2D eigenvalue weighted by molar-refractivity contribution is -0.156. The van der Waals surface area contributed by atoms with Crippen molar-refractivity contribution >= 4 is 18.0 Å². The van der Waals surface area contributed by atoms with E-state index in [2.05, 4.69) is 5.32 Å². The molecule has 1 aliphatic rings. The van der Waals surface area contributed by atoms with E-state index in [9.17, 15) is 19.5 Å². The summed E-state index contributed by atoms with van der Waals surface area (Å²) in [4.78, 5) is 36.2. The van der Waals surface area contributed by atoms with Crippen molar-refractivity contribution in [1.29, 1.82) is 0 Å². The number of carbonyl (C=O) groups is 3. The second-order valence-electron chi connectivity index (χ2n) is 9.05. The van der Waals surface area contributed by atoms with Crippen molar-refractivity contribution in [1.82, 2.24) is 5.32 Å². The third kappa shape index (κ3) is 5.46. The summed E-state index contributed by atoms with van der Waals surface area (Å²) in [7, 11) is 0. The summed E-state index contributed by atoms with van der Waals surface area (Å²) in [5, 5.41) is 11.9. The standard InChI is InChI=1S/C25H29NO6/c1-15(13-21(27)32-25(2,3)4)22(23(28)29)26-24(30)31-14-20-18-11-7-5-9-16(18)17-10-6-8-12-19(17)20/h5-12,15,20,22H,13-14H2,1-4H3,(H,26,30)(H,28,29)/t15-,22+/m1/s1. The number of carbonyl (C=O) groups excluding carboxylic acids is 2. The first-order valence-corrected chi connectivity index (χ1v) is 10.6. The zero-order valence-electron chi connectivity index (χ0n) is 18.8. The highest BCUT2D eigenvalue weighted by Gasteiger charge is 2.32. The minimum absolute atomic E-state index is 0.0760. The van der Waals surface area contributed by atoms with Gasteiger partial charge in [-0.1, -0.05) is 55.5 Å². The largest absolute Gasteiger partial charge is 0.480 e. The lowest BCUT2D eigenvalue weighted by Gasteiger charge is -2.24. The Kier molecular flexibility index (Phi) is 6.87. The van der Waals surface area contributed by atoms with Crippen LogP contribution in [0.15, 0.2) is 48.5 Å². The highest BCUT2D eigenvalue weighted by molar-refractivity contribution is 5.82. The minimum Gasteiger partial charge on any atom is -0.480 e. The van der Waals surface area contributed by atoms with Crippen LogP contribution in [0.25, 0.3) is 11.1 Å². The molecule has 2 N–H and O–H groups in total. The van der Waals surface area contributed by atoms with Crippen LogP contribution in [0.3, 0.4) is 0 Å². The first kappa shape index (κ1) is 23.3. The van der Waals surface area contributed by atoms with Gasteiger partial charge in [0.15, 0.2) is 0 Å². The fourth-order valence-electron chi connectivity index (χ4n) is 3.98. The zero-order valence-corrected chi connectivity index (χ0v) is 18.8. The molecule has 0 saturated carbocycles. The number of amides is 1.